The molecule has 22 heteroatoms. The highest BCUT2D eigenvalue weighted by molar-refractivity contribution is 7.47. The van der Waals surface area contributed by atoms with Crippen LogP contribution in [0.3, 0.4) is 0 Å². The summed E-state index contributed by atoms with van der Waals surface area (Å²) in [7, 11) is -4.34. The maximum Gasteiger partial charge on any atom is 0.472 e. The summed E-state index contributed by atoms with van der Waals surface area (Å²) < 4.78 is 27.1. The number of aromatic amines is 1. The number of hydrogen-bond donors (Lipinski definition) is 8. The number of carbonyl (C=O) groups is 5. The quantitative estimate of drug-likeness (QED) is 0.0180. The molecule has 3 rings (SSSR count). The highest BCUT2D eigenvalue weighted by Crippen LogP contribution is 2.42. The number of unbranched alkanes of at least 4 members (excludes halogenated alkanes) is 14. The average Bonchev–Trinajstić information content (AvgIpc) is 3.31. The first-order valence-electron chi connectivity index (χ1n) is 24.0. The molecule has 0 radical (unpaired) electrons. The van der Waals surface area contributed by atoms with Crippen LogP contribution in [0, 0.1) is 0 Å². The first-order chi connectivity index (χ1) is 32.8. The standard InChI is InChI=1S/C46H72N9O12P/c1-2-3-4-5-6-7-8-9-10-11-12-13-16-20-40(58)65-29-18-30-66-68(63,64)67-31-28-49-38(56)19-15-14-17-27-48-39(57)26-25-37(45(61)62)53-43(59)34-21-23-35(24-22-34)50-32-36-33-51-42-41(52-36)44(60)55-46(47)54-42/h21-24,33,37,50H,2-20,25-32H2,1H3,(H,48,57)(H,49,56)(H,53,59)(H,61,62)(H,63,64)(H3,47,51,54,55,60)/t37-/m0/s1. The molecule has 1 unspecified atom stereocenters. The molecule has 0 fully saturated rings. The van der Waals surface area contributed by atoms with Crippen LogP contribution in [0.15, 0.2) is 35.3 Å². The number of esters is 1. The minimum absolute atomic E-state index is 0.00777. The number of phosphoric ester groups is 1. The van der Waals surface area contributed by atoms with Crippen molar-refractivity contribution in [1.29, 1.82) is 0 Å². The summed E-state index contributed by atoms with van der Waals surface area (Å²) in [6.45, 7) is 2.43. The first kappa shape index (κ1) is 56.8. The number of carboxylic acid groups (broad SMARTS) is 1. The largest absolute Gasteiger partial charge is 0.480 e. The third-order valence-corrected chi connectivity index (χ3v) is 11.8. The summed E-state index contributed by atoms with van der Waals surface area (Å²) in [6.07, 6.45) is 19.6. The van der Waals surface area contributed by atoms with Gasteiger partial charge in [0.15, 0.2) is 11.2 Å². The number of anilines is 2. The fourth-order valence-electron chi connectivity index (χ4n) is 6.93. The number of nitrogens with two attached hydrogens (primary N) is 1. The summed E-state index contributed by atoms with van der Waals surface area (Å²) in [5.41, 5.74) is 6.45. The SMILES string of the molecule is CCCCCCCCCCCCCCCC(=O)OCCCOP(=O)(O)OCCNC(=O)CCCCCNC(=O)CC[C@H](NC(=O)c1ccc(NCc2cnc3nc(N)[nH]c(=O)c3n2)cc1)C(=O)O. The summed E-state index contributed by atoms with van der Waals surface area (Å²) in [6, 6.07) is 4.93. The molecule has 3 aromatic rings. The van der Waals surface area contributed by atoms with E-state index in [1.165, 1.54) is 82.5 Å². The number of ether oxygens (including phenoxy) is 1. The van der Waals surface area contributed by atoms with E-state index >= 15 is 0 Å². The van der Waals surface area contributed by atoms with Crippen LogP contribution >= 0.6 is 7.82 Å². The van der Waals surface area contributed by atoms with Crippen molar-refractivity contribution in [3.63, 3.8) is 0 Å². The van der Waals surface area contributed by atoms with Crippen LogP contribution in [0.5, 0.6) is 0 Å². The molecule has 21 nitrogen and oxygen atoms in total. The molecule has 9 N–H and O–H groups in total. The van der Waals surface area contributed by atoms with E-state index in [2.05, 4.69) is 48.1 Å². The number of nitrogens with zero attached hydrogens (tertiary/aromatic N) is 3. The molecule has 0 saturated heterocycles. The fourth-order valence-corrected chi connectivity index (χ4v) is 7.68. The number of aliphatic carboxylic acids is 1. The van der Waals surface area contributed by atoms with Crippen molar-refractivity contribution in [3.05, 3.63) is 52.1 Å². The zero-order chi connectivity index (χ0) is 49.4. The number of amides is 3. The number of H-pyrrole nitrogens is 1. The predicted molar refractivity (Wildman–Crippen MR) is 256 cm³/mol. The van der Waals surface area contributed by atoms with Gasteiger partial charge >= 0.3 is 19.8 Å². The van der Waals surface area contributed by atoms with E-state index in [4.69, 9.17) is 19.5 Å². The number of carbonyl (C=O) groups excluding carboxylic acids is 4. The molecule has 0 bridgehead atoms. The molecule has 3 amide bonds. The molecule has 0 saturated carbocycles. The number of aromatic nitrogens is 4. The Morgan fingerprint density at radius 1 is 0.750 bits per heavy atom. The van der Waals surface area contributed by atoms with Gasteiger partial charge in [-0.05, 0) is 49.9 Å². The van der Waals surface area contributed by atoms with E-state index in [1.54, 1.807) is 12.1 Å². The second-order valence-corrected chi connectivity index (χ2v) is 18.0. The van der Waals surface area contributed by atoms with Gasteiger partial charge in [0.25, 0.3) is 11.5 Å². The Kier molecular flexibility index (Phi) is 27.6. The lowest BCUT2D eigenvalue weighted by Gasteiger charge is -2.15. The van der Waals surface area contributed by atoms with Crippen molar-refractivity contribution in [2.45, 2.75) is 154 Å². The lowest BCUT2D eigenvalue weighted by atomic mass is 10.0. The number of nitrogen functional groups attached to an aromatic ring is 1. The molecule has 0 aliphatic heterocycles. The van der Waals surface area contributed by atoms with Crippen LogP contribution in [-0.4, -0.2) is 98.5 Å². The first-order valence-corrected chi connectivity index (χ1v) is 25.5. The predicted octanol–water partition coefficient (Wildman–Crippen LogP) is 6.21. The minimum atomic E-state index is -4.34. The van der Waals surface area contributed by atoms with Crippen LogP contribution in [0.2, 0.25) is 0 Å². The molecule has 2 heterocycles. The molecule has 1 aromatic carbocycles. The van der Waals surface area contributed by atoms with Gasteiger partial charge in [-0.25, -0.2) is 19.3 Å². The van der Waals surface area contributed by atoms with Gasteiger partial charge in [-0.1, -0.05) is 90.4 Å². The van der Waals surface area contributed by atoms with Crippen LogP contribution in [0.1, 0.15) is 158 Å². The van der Waals surface area contributed by atoms with E-state index in [1.807, 2.05) is 0 Å². The van der Waals surface area contributed by atoms with Gasteiger partial charge < -0.3 is 41.7 Å². The minimum Gasteiger partial charge on any atom is -0.480 e. The van der Waals surface area contributed by atoms with Gasteiger partial charge in [0.05, 0.1) is 38.3 Å². The zero-order valence-electron chi connectivity index (χ0n) is 39.4. The van der Waals surface area contributed by atoms with Gasteiger partial charge in [-0.15, -0.1) is 0 Å². The highest BCUT2D eigenvalue weighted by atomic mass is 31.2. The Bertz CT molecular complexity index is 2110. The van der Waals surface area contributed by atoms with Crippen LogP contribution in [0.25, 0.3) is 11.2 Å². The summed E-state index contributed by atoms with van der Waals surface area (Å²) in [5.74, 6) is -2.95. The van der Waals surface area contributed by atoms with E-state index in [9.17, 15) is 43.3 Å². The van der Waals surface area contributed by atoms with Gasteiger partial charge in [-0.3, -0.25) is 38.0 Å². The number of benzene rings is 1. The maximum atomic E-state index is 12.8. The molecule has 2 aromatic heterocycles. The third kappa shape index (κ3) is 25.0. The number of nitrogens with one attached hydrogen (secondary N) is 5. The van der Waals surface area contributed by atoms with Gasteiger partial charge in [-0.2, -0.15) is 4.98 Å². The number of rotatable bonds is 38. The summed E-state index contributed by atoms with van der Waals surface area (Å²) in [5, 5.41) is 20.5. The Balaban J connectivity index is 1.14. The second-order valence-electron chi connectivity index (χ2n) is 16.5. The van der Waals surface area contributed by atoms with E-state index in [-0.39, 0.29) is 99.1 Å². The molecule has 68 heavy (non-hydrogen) atoms. The molecular weight excluding hydrogens is 902 g/mol. The van der Waals surface area contributed by atoms with Crippen LogP contribution in [-0.2, 0) is 44.1 Å². The van der Waals surface area contributed by atoms with Crippen LogP contribution < -0.4 is 32.6 Å². The fraction of sp³-hybridized carbons (Fsp3) is 0.630. The maximum absolute atomic E-state index is 12.8. The molecule has 2 atom stereocenters. The number of carboxylic acids is 1. The number of fused-ring (bicyclic) bond motifs is 1. The molecule has 0 aliphatic rings. The lowest BCUT2D eigenvalue weighted by molar-refractivity contribution is -0.144. The van der Waals surface area contributed by atoms with Crippen LogP contribution in [0.4, 0.5) is 11.6 Å². The Morgan fingerprint density at radius 2 is 1.35 bits per heavy atom. The van der Waals surface area contributed by atoms with Crippen molar-refractivity contribution in [2.75, 3.05) is 44.0 Å². The topological polar surface area (TPSA) is 316 Å². The van der Waals surface area contributed by atoms with Crippen molar-refractivity contribution >= 4 is 60.3 Å². The smallest absolute Gasteiger partial charge is 0.472 e. The van der Waals surface area contributed by atoms with Gasteiger partial charge in [0.1, 0.15) is 6.04 Å². The second kappa shape index (κ2) is 33.1. The average molecular weight is 974 g/mol. The van der Waals surface area contributed by atoms with E-state index < -0.39 is 31.3 Å². The van der Waals surface area contributed by atoms with Gasteiger partial charge in [0.2, 0.25) is 17.8 Å². The van der Waals surface area contributed by atoms with E-state index in [0.29, 0.717) is 43.6 Å². The monoisotopic (exact) mass is 974 g/mol. The van der Waals surface area contributed by atoms with E-state index in [0.717, 1.165) is 19.3 Å². The van der Waals surface area contributed by atoms with Crippen molar-refractivity contribution in [3.8, 4) is 0 Å². The molecule has 0 aliphatic carbocycles. The van der Waals surface area contributed by atoms with Crippen molar-refractivity contribution < 1.29 is 52.3 Å². The molecule has 0 spiro atoms. The number of phosphoric acid groups is 1. The van der Waals surface area contributed by atoms with Crippen molar-refractivity contribution in [1.82, 2.24) is 35.9 Å². The molecule has 378 valence electrons. The number of hydrogen-bond acceptors (Lipinski definition) is 15. The Morgan fingerprint density at radius 3 is 2.03 bits per heavy atom. The highest BCUT2D eigenvalue weighted by Gasteiger charge is 2.23. The Labute approximate surface area is 397 Å². The van der Waals surface area contributed by atoms with Gasteiger partial charge in [0, 0.05) is 50.0 Å². The van der Waals surface area contributed by atoms with Crippen molar-refractivity contribution in [2.24, 2.45) is 0 Å². The summed E-state index contributed by atoms with van der Waals surface area (Å²) in [4.78, 5) is 97.9. The zero-order valence-corrected chi connectivity index (χ0v) is 40.3. The Hall–Kier alpha value is -5.50. The lowest BCUT2D eigenvalue weighted by Crippen LogP contribution is -2.41. The molecular formula is C46H72N9O12P. The summed E-state index contributed by atoms with van der Waals surface area (Å²) >= 11 is 0. The normalized spacial score (nSPS) is 12.5. The third-order valence-electron chi connectivity index (χ3n) is 10.7.